The Labute approximate surface area is 78.0 Å². The number of imidazole rings is 1. The van der Waals surface area contributed by atoms with Crippen LogP contribution in [-0.2, 0) is 0 Å². The maximum atomic E-state index is 8.84. The molecular formula is C9H14N4. The summed E-state index contributed by atoms with van der Waals surface area (Å²) in [4.78, 5) is 6.79. The molecule has 0 bridgehead atoms. The number of nitrogens with zero attached hydrogens (tertiary/aromatic N) is 2. The lowest BCUT2D eigenvalue weighted by Crippen LogP contribution is -2.21. The summed E-state index contributed by atoms with van der Waals surface area (Å²) >= 11 is 0. The number of hydrogen-bond acceptors (Lipinski definition) is 3. The quantitative estimate of drug-likeness (QED) is 0.669. The van der Waals surface area contributed by atoms with Crippen LogP contribution >= 0.6 is 0 Å². The van der Waals surface area contributed by atoms with Gasteiger partial charge >= 0.3 is 0 Å². The predicted octanol–water partition coefficient (Wildman–Crippen LogP) is 1.36. The number of H-pyrrole nitrogens is 1. The van der Waals surface area contributed by atoms with Crippen LogP contribution in [0.5, 0.6) is 0 Å². The van der Waals surface area contributed by atoms with Crippen molar-refractivity contribution in [3.8, 4) is 6.07 Å². The minimum Gasteiger partial charge on any atom is -0.346 e. The van der Waals surface area contributed by atoms with Crippen LogP contribution in [0.25, 0.3) is 0 Å². The van der Waals surface area contributed by atoms with Gasteiger partial charge in [-0.05, 0) is 13.0 Å². The monoisotopic (exact) mass is 178 g/mol. The molecule has 13 heavy (non-hydrogen) atoms. The van der Waals surface area contributed by atoms with Crippen LogP contribution in [0.2, 0.25) is 0 Å². The summed E-state index contributed by atoms with van der Waals surface area (Å²) < 4.78 is 0. The van der Waals surface area contributed by atoms with E-state index in [9.17, 15) is 0 Å². The molecule has 1 atom stereocenters. The van der Waals surface area contributed by atoms with Crippen molar-refractivity contribution in [1.82, 2.24) is 15.3 Å². The van der Waals surface area contributed by atoms with Crippen LogP contribution in [-0.4, -0.2) is 16.5 Å². The largest absolute Gasteiger partial charge is 0.346 e. The third-order valence-electron chi connectivity index (χ3n) is 1.84. The molecule has 1 aromatic rings. The standard InChI is InChI=1S/C9H14N4/c1-2-3-4-12-8(5-10)9-6-11-7-13-9/h6-8,12H,2-4H2,1H3,(H,11,13). The van der Waals surface area contributed by atoms with Gasteiger partial charge < -0.3 is 4.98 Å². The third-order valence-corrected chi connectivity index (χ3v) is 1.84. The molecule has 1 heterocycles. The third kappa shape index (κ3) is 2.88. The van der Waals surface area contributed by atoms with Crippen molar-refractivity contribution in [1.29, 1.82) is 5.26 Å². The van der Waals surface area contributed by atoms with Crippen molar-refractivity contribution >= 4 is 0 Å². The van der Waals surface area contributed by atoms with E-state index < -0.39 is 0 Å². The molecule has 0 radical (unpaired) electrons. The van der Waals surface area contributed by atoms with Crippen LogP contribution in [0.1, 0.15) is 31.5 Å². The SMILES string of the molecule is CCCCNC(C#N)c1cnc[nH]1. The highest BCUT2D eigenvalue weighted by Gasteiger charge is 2.09. The molecule has 0 saturated carbocycles. The minimum atomic E-state index is -0.256. The van der Waals surface area contributed by atoms with E-state index in [-0.39, 0.29) is 6.04 Å². The lowest BCUT2D eigenvalue weighted by Gasteiger charge is -2.07. The lowest BCUT2D eigenvalue weighted by atomic mass is 10.2. The first-order valence-corrected chi connectivity index (χ1v) is 4.49. The maximum absolute atomic E-state index is 8.84. The van der Waals surface area contributed by atoms with Crippen molar-refractivity contribution in [2.75, 3.05) is 6.54 Å². The molecule has 0 fully saturated rings. The van der Waals surface area contributed by atoms with Gasteiger partial charge in [0, 0.05) is 0 Å². The van der Waals surface area contributed by atoms with Gasteiger partial charge in [0.25, 0.3) is 0 Å². The highest BCUT2D eigenvalue weighted by atomic mass is 15.0. The Morgan fingerprint density at radius 3 is 3.15 bits per heavy atom. The fourth-order valence-electron chi connectivity index (χ4n) is 1.07. The van der Waals surface area contributed by atoms with Crippen molar-refractivity contribution in [3.63, 3.8) is 0 Å². The molecule has 4 heteroatoms. The first-order chi connectivity index (χ1) is 6.38. The van der Waals surface area contributed by atoms with Gasteiger partial charge in [-0.1, -0.05) is 13.3 Å². The molecule has 0 aliphatic heterocycles. The zero-order valence-corrected chi connectivity index (χ0v) is 7.75. The molecular weight excluding hydrogens is 164 g/mol. The van der Waals surface area contributed by atoms with E-state index in [2.05, 4.69) is 28.3 Å². The minimum absolute atomic E-state index is 0.256. The summed E-state index contributed by atoms with van der Waals surface area (Å²) in [5.41, 5.74) is 0.832. The Kier molecular flexibility index (Phi) is 4.00. The second-order valence-electron chi connectivity index (χ2n) is 2.88. The Hall–Kier alpha value is -1.34. The Bertz CT molecular complexity index is 260. The van der Waals surface area contributed by atoms with Crippen molar-refractivity contribution in [2.45, 2.75) is 25.8 Å². The van der Waals surface area contributed by atoms with Gasteiger partial charge in [-0.25, -0.2) is 4.98 Å². The fraction of sp³-hybridized carbons (Fsp3) is 0.556. The Balaban J connectivity index is 2.41. The molecule has 2 N–H and O–H groups in total. The summed E-state index contributed by atoms with van der Waals surface area (Å²) in [6.07, 6.45) is 5.48. The average Bonchev–Trinajstić information content (AvgIpc) is 2.65. The van der Waals surface area contributed by atoms with Gasteiger partial charge in [-0.3, -0.25) is 5.32 Å². The van der Waals surface area contributed by atoms with Crippen LogP contribution in [0.15, 0.2) is 12.5 Å². The van der Waals surface area contributed by atoms with Crippen molar-refractivity contribution in [2.24, 2.45) is 0 Å². The van der Waals surface area contributed by atoms with E-state index in [1.807, 2.05) is 0 Å². The van der Waals surface area contributed by atoms with Gasteiger partial charge in [0.15, 0.2) is 0 Å². The Morgan fingerprint density at radius 2 is 2.62 bits per heavy atom. The number of hydrogen-bond donors (Lipinski definition) is 2. The van der Waals surface area contributed by atoms with E-state index in [4.69, 9.17) is 5.26 Å². The summed E-state index contributed by atoms with van der Waals surface area (Å²) in [5, 5.41) is 12.0. The van der Waals surface area contributed by atoms with Gasteiger partial charge in [-0.2, -0.15) is 5.26 Å². The molecule has 0 spiro atoms. The van der Waals surface area contributed by atoms with Gasteiger partial charge in [0.2, 0.25) is 0 Å². The summed E-state index contributed by atoms with van der Waals surface area (Å²) in [7, 11) is 0. The van der Waals surface area contributed by atoms with Crippen molar-refractivity contribution < 1.29 is 0 Å². The molecule has 1 rings (SSSR count). The molecule has 0 aromatic carbocycles. The molecule has 4 nitrogen and oxygen atoms in total. The summed E-state index contributed by atoms with van der Waals surface area (Å²) in [5.74, 6) is 0. The molecule has 70 valence electrons. The number of nitriles is 1. The molecule has 0 aliphatic carbocycles. The van der Waals surface area contributed by atoms with Crippen LogP contribution in [0.4, 0.5) is 0 Å². The lowest BCUT2D eigenvalue weighted by molar-refractivity contribution is 0.590. The second-order valence-corrected chi connectivity index (χ2v) is 2.88. The zero-order chi connectivity index (χ0) is 9.52. The van der Waals surface area contributed by atoms with Crippen LogP contribution in [0, 0.1) is 11.3 Å². The highest BCUT2D eigenvalue weighted by Crippen LogP contribution is 2.06. The molecule has 0 aliphatic rings. The van der Waals surface area contributed by atoms with E-state index in [1.54, 1.807) is 12.5 Å². The maximum Gasteiger partial charge on any atom is 0.137 e. The average molecular weight is 178 g/mol. The molecule has 1 unspecified atom stereocenters. The smallest absolute Gasteiger partial charge is 0.137 e. The number of aromatic amines is 1. The number of unbranched alkanes of at least 4 members (excludes halogenated alkanes) is 1. The predicted molar refractivity (Wildman–Crippen MR) is 49.9 cm³/mol. The fourth-order valence-corrected chi connectivity index (χ4v) is 1.07. The van der Waals surface area contributed by atoms with Gasteiger partial charge in [-0.15, -0.1) is 0 Å². The van der Waals surface area contributed by atoms with E-state index in [1.165, 1.54) is 0 Å². The molecule has 0 amide bonds. The van der Waals surface area contributed by atoms with Gasteiger partial charge in [0.05, 0.1) is 24.3 Å². The summed E-state index contributed by atoms with van der Waals surface area (Å²) in [6, 6.07) is 1.93. The highest BCUT2D eigenvalue weighted by molar-refractivity contribution is 5.11. The van der Waals surface area contributed by atoms with E-state index >= 15 is 0 Å². The molecule has 1 aromatic heterocycles. The summed E-state index contributed by atoms with van der Waals surface area (Å²) in [6.45, 7) is 2.99. The first-order valence-electron chi connectivity index (χ1n) is 4.49. The second kappa shape index (κ2) is 5.33. The zero-order valence-electron chi connectivity index (χ0n) is 7.75. The number of aromatic nitrogens is 2. The number of nitrogens with one attached hydrogen (secondary N) is 2. The van der Waals surface area contributed by atoms with E-state index in [0.717, 1.165) is 25.1 Å². The Morgan fingerprint density at radius 1 is 1.77 bits per heavy atom. The van der Waals surface area contributed by atoms with E-state index in [0.29, 0.717) is 0 Å². The van der Waals surface area contributed by atoms with Gasteiger partial charge in [0.1, 0.15) is 6.04 Å². The normalized spacial score (nSPS) is 12.3. The van der Waals surface area contributed by atoms with Crippen LogP contribution in [0.3, 0.4) is 0 Å². The van der Waals surface area contributed by atoms with Crippen molar-refractivity contribution in [3.05, 3.63) is 18.2 Å². The number of rotatable bonds is 5. The first kappa shape index (κ1) is 9.75. The molecule has 0 saturated heterocycles. The topological polar surface area (TPSA) is 64.5 Å². The van der Waals surface area contributed by atoms with Crippen LogP contribution < -0.4 is 5.32 Å².